The van der Waals surface area contributed by atoms with Crippen LogP contribution in [-0.4, -0.2) is 54.8 Å². The zero-order valence-corrected chi connectivity index (χ0v) is 18.6. The molecule has 1 atom stereocenters. The predicted molar refractivity (Wildman–Crippen MR) is 120 cm³/mol. The Balaban J connectivity index is 1.21. The van der Waals surface area contributed by atoms with Gasteiger partial charge in [0.2, 0.25) is 11.1 Å². The van der Waals surface area contributed by atoms with Gasteiger partial charge in [-0.25, -0.2) is 9.67 Å². The fraction of sp³-hybridized carbons (Fsp3) is 0.350. The summed E-state index contributed by atoms with van der Waals surface area (Å²) in [6, 6.07) is 12.3. The molecule has 4 heterocycles. The zero-order chi connectivity index (χ0) is 20.3. The van der Waals surface area contributed by atoms with Crippen molar-refractivity contribution in [1.29, 1.82) is 0 Å². The van der Waals surface area contributed by atoms with Crippen LogP contribution in [0.15, 0.2) is 46.9 Å². The van der Waals surface area contributed by atoms with Crippen molar-refractivity contribution in [2.75, 3.05) is 18.8 Å². The maximum Gasteiger partial charge on any atom is 0.233 e. The third-order valence-electron chi connectivity index (χ3n) is 5.14. The Morgan fingerprint density at radius 1 is 1.23 bits per heavy atom. The lowest BCUT2D eigenvalue weighted by atomic mass is 9.99. The average molecular weight is 457 g/mol. The molecule has 10 heteroatoms. The Kier molecular flexibility index (Phi) is 5.78. The van der Waals surface area contributed by atoms with Gasteiger partial charge in [-0.15, -0.1) is 27.8 Å². The molecule has 1 aliphatic rings. The van der Waals surface area contributed by atoms with E-state index in [0.29, 0.717) is 23.4 Å². The SMILES string of the molecule is O=C(CSc1nnnn1Cc1cccs1)N1CCC[C@@H](c2nc3ccccc3s2)C1. The number of piperidine rings is 1. The lowest BCUT2D eigenvalue weighted by molar-refractivity contribution is -0.129. The molecule has 1 amide bonds. The van der Waals surface area contributed by atoms with Crippen molar-refractivity contribution in [3.05, 3.63) is 51.7 Å². The quantitative estimate of drug-likeness (QED) is 0.410. The van der Waals surface area contributed by atoms with Gasteiger partial charge < -0.3 is 4.90 Å². The van der Waals surface area contributed by atoms with Gasteiger partial charge in [-0.2, -0.15) is 0 Å². The summed E-state index contributed by atoms with van der Waals surface area (Å²) in [5.41, 5.74) is 1.05. The van der Waals surface area contributed by atoms with Gasteiger partial charge in [-0.3, -0.25) is 4.79 Å². The largest absolute Gasteiger partial charge is 0.341 e. The van der Waals surface area contributed by atoms with Crippen molar-refractivity contribution < 1.29 is 4.79 Å². The maximum atomic E-state index is 12.9. The van der Waals surface area contributed by atoms with E-state index in [-0.39, 0.29) is 5.91 Å². The molecule has 0 radical (unpaired) electrons. The van der Waals surface area contributed by atoms with E-state index in [4.69, 9.17) is 4.98 Å². The molecular weight excluding hydrogens is 436 g/mol. The van der Waals surface area contributed by atoms with Crippen molar-refractivity contribution in [3.63, 3.8) is 0 Å². The molecule has 0 N–H and O–H groups in total. The van der Waals surface area contributed by atoms with Crippen LogP contribution in [0.25, 0.3) is 10.2 Å². The van der Waals surface area contributed by atoms with E-state index in [1.807, 2.05) is 28.5 Å². The topological polar surface area (TPSA) is 76.8 Å². The highest BCUT2D eigenvalue weighted by molar-refractivity contribution is 7.99. The van der Waals surface area contributed by atoms with Gasteiger partial charge in [0.05, 0.1) is 27.5 Å². The number of nitrogens with zero attached hydrogens (tertiary/aromatic N) is 6. The first-order chi connectivity index (χ1) is 14.8. The Morgan fingerprint density at radius 3 is 3.03 bits per heavy atom. The average Bonchev–Trinajstić information content (AvgIpc) is 3.53. The zero-order valence-electron chi connectivity index (χ0n) is 16.2. The summed E-state index contributed by atoms with van der Waals surface area (Å²) in [6.45, 7) is 2.17. The summed E-state index contributed by atoms with van der Waals surface area (Å²) < 4.78 is 2.97. The van der Waals surface area contributed by atoms with E-state index in [9.17, 15) is 4.79 Å². The lowest BCUT2D eigenvalue weighted by Gasteiger charge is -2.31. The molecule has 1 aromatic carbocycles. The molecule has 30 heavy (non-hydrogen) atoms. The minimum Gasteiger partial charge on any atom is -0.341 e. The first-order valence-corrected chi connectivity index (χ1v) is 12.5. The Bertz CT molecular complexity index is 1110. The number of thiophene rings is 1. The van der Waals surface area contributed by atoms with Gasteiger partial charge in [0.1, 0.15) is 0 Å². The summed E-state index contributed by atoms with van der Waals surface area (Å²) in [6.07, 6.45) is 2.09. The first-order valence-electron chi connectivity index (χ1n) is 9.81. The number of thiazole rings is 1. The highest BCUT2D eigenvalue weighted by Gasteiger charge is 2.27. The summed E-state index contributed by atoms with van der Waals surface area (Å²) in [4.78, 5) is 20.9. The lowest BCUT2D eigenvalue weighted by Crippen LogP contribution is -2.40. The molecule has 0 spiro atoms. The summed E-state index contributed by atoms with van der Waals surface area (Å²) in [7, 11) is 0. The fourth-order valence-electron chi connectivity index (χ4n) is 3.64. The van der Waals surface area contributed by atoms with Crippen LogP contribution in [0.1, 0.15) is 28.6 Å². The van der Waals surface area contributed by atoms with Gasteiger partial charge in [0, 0.05) is 23.9 Å². The molecule has 1 saturated heterocycles. The predicted octanol–water partition coefficient (Wildman–Crippen LogP) is 3.89. The second-order valence-corrected chi connectivity index (χ2v) is 10.2. The van der Waals surface area contributed by atoms with E-state index < -0.39 is 0 Å². The second kappa shape index (κ2) is 8.83. The molecule has 7 nitrogen and oxygen atoms in total. The van der Waals surface area contributed by atoms with E-state index in [1.54, 1.807) is 27.4 Å². The number of fused-ring (bicyclic) bond motifs is 1. The number of hydrogen-bond donors (Lipinski definition) is 0. The summed E-state index contributed by atoms with van der Waals surface area (Å²) in [5, 5.41) is 15.8. The highest BCUT2D eigenvalue weighted by atomic mass is 32.2. The standard InChI is InChI=1S/C20H20N6OS3/c27-18(13-29-20-22-23-24-26(20)12-15-6-4-10-28-15)25-9-3-5-14(11-25)19-21-16-7-1-2-8-17(16)30-19/h1-2,4,6-8,10,14H,3,5,9,11-13H2/t14-/m1/s1. The van der Waals surface area contributed by atoms with Crippen LogP contribution in [0, 0.1) is 0 Å². The molecule has 154 valence electrons. The molecule has 0 saturated carbocycles. The highest BCUT2D eigenvalue weighted by Crippen LogP contribution is 2.33. The van der Waals surface area contributed by atoms with Crippen LogP contribution in [0.5, 0.6) is 0 Å². The van der Waals surface area contributed by atoms with Crippen molar-refractivity contribution in [2.24, 2.45) is 0 Å². The minimum absolute atomic E-state index is 0.136. The van der Waals surface area contributed by atoms with E-state index in [2.05, 4.69) is 33.7 Å². The molecule has 1 fully saturated rings. The summed E-state index contributed by atoms with van der Waals surface area (Å²) in [5.74, 6) is 0.794. The Hall–Kier alpha value is -2.30. The Morgan fingerprint density at radius 2 is 2.17 bits per heavy atom. The number of amides is 1. The van der Waals surface area contributed by atoms with E-state index in [0.717, 1.165) is 36.5 Å². The van der Waals surface area contributed by atoms with Crippen molar-refractivity contribution in [2.45, 2.75) is 30.5 Å². The number of rotatable bonds is 6. The third kappa shape index (κ3) is 4.26. The van der Waals surface area contributed by atoms with Crippen LogP contribution in [-0.2, 0) is 11.3 Å². The number of carbonyl (C=O) groups is 1. The van der Waals surface area contributed by atoms with Crippen LogP contribution >= 0.6 is 34.4 Å². The number of thioether (sulfide) groups is 1. The molecule has 5 rings (SSSR count). The van der Waals surface area contributed by atoms with Gasteiger partial charge in [0.25, 0.3) is 0 Å². The van der Waals surface area contributed by atoms with E-state index >= 15 is 0 Å². The van der Waals surface area contributed by atoms with Crippen LogP contribution in [0.4, 0.5) is 0 Å². The third-order valence-corrected chi connectivity index (χ3v) is 8.15. The molecule has 1 aliphatic heterocycles. The molecule has 0 bridgehead atoms. The monoisotopic (exact) mass is 456 g/mol. The Labute approximate surface area is 186 Å². The number of aromatic nitrogens is 5. The van der Waals surface area contributed by atoms with Crippen LogP contribution < -0.4 is 0 Å². The number of benzene rings is 1. The first kappa shape index (κ1) is 19.7. The van der Waals surface area contributed by atoms with Crippen LogP contribution in [0.3, 0.4) is 0 Å². The molecular formula is C20H20N6OS3. The van der Waals surface area contributed by atoms with Crippen molar-refractivity contribution >= 4 is 50.6 Å². The second-order valence-electron chi connectivity index (χ2n) is 7.19. The number of carbonyl (C=O) groups excluding carboxylic acids is 1. The molecule has 3 aromatic heterocycles. The summed E-state index contributed by atoms with van der Waals surface area (Å²) >= 11 is 4.83. The normalized spacial score (nSPS) is 16.9. The van der Waals surface area contributed by atoms with Crippen LogP contribution in [0.2, 0.25) is 0 Å². The number of para-hydroxylation sites is 1. The number of likely N-dealkylation sites (tertiary alicyclic amines) is 1. The van der Waals surface area contributed by atoms with Crippen molar-refractivity contribution in [1.82, 2.24) is 30.1 Å². The maximum absolute atomic E-state index is 12.9. The fourth-order valence-corrected chi connectivity index (χ4v) is 6.20. The van der Waals surface area contributed by atoms with Gasteiger partial charge in [0.15, 0.2) is 0 Å². The van der Waals surface area contributed by atoms with Gasteiger partial charge in [-0.1, -0.05) is 30.0 Å². The molecule has 4 aromatic rings. The number of tetrazole rings is 1. The molecule has 0 unspecified atom stereocenters. The van der Waals surface area contributed by atoms with Crippen molar-refractivity contribution in [3.8, 4) is 0 Å². The van der Waals surface area contributed by atoms with E-state index in [1.165, 1.54) is 21.3 Å². The number of hydrogen-bond acceptors (Lipinski definition) is 8. The van der Waals surface area contributed by atoms with Gasteiger partial charge >= 0.3 is 0 Å². The van der Waals surface area contributed by atoms with Gasteiger partial charge in [-0.05, 0) is 46.8 Å². The molecule has 0 aliphatic carbocycles. The minimum atomic E-state index is 0.136. The smallest absolute Gasteiger partial charge is 0.233 e.